The first-order chi connectivity index (χ1) is 19.0. The van der Waals surface area contributed by atoms with E-state index in [4.69, 9.17) is 25.8 Å². The SMILES string of the molecule is C=C(COC(=O)Cc1c(C)n(C(=O)c2ccc(Cl)cc2)c2ccc(OC)cc12)CC(F)(F)C(=O)N1CCOCC1. The van der Waals surface area contributed by atoms with Gasteiger partial charge in [-0.3, -0.25) is 19.0 Å². The van der Waals surface area contributed by atoms with Gasteiger partial charge in [-0.05, 0) is 60.5 Å². The zero-order valence-corrected chi connectivity index (χ0v) is 22.9. The summed E-state index contributed by atoms with van der Waals surface area (Å²) in [5, 5.41) is 1.10. The third-order valence-corrected chi connectivity index (χ3v) is 6.93. The average Bonchev–Trinajstić information content (AvgIpc) is 3.21. The summed E-state index contributed by atoms with van der Waals surface area (Å²) < 4.78 is 46.3. The lowest BCUT2D eigenvalue weighted by atomic mass is 10.1. The molecule has 1 fully saturated rings. The van der Waals surface area contributed by atoms with Crippen molar-refractivity contribution in [3.8, 4) is 5.75 Å². The van der Waals surface area contributed by atoms with Gasteiger partial charge in [0.25, 0.3) is 11.8 Å². The van der Waals surface area contributed by atoms with Crippen molar-refractivity contribution in [2.24, 2.45) is 0 Å². The number of nitrogens with zero attached hydrogens (tertiary/aromatic N) is 2. The Bertz CT molecular complexity index is 1440. The normalized spacial score (nSPS) is 13.8. The van der Waals surface area contributed by atoms with E-state index in [2.05, 4.69) is 6.58 Å². The summed E-state index contributed by atoms with van der Waals surface area (Å²) in [5.41, 5.74) is 1.91. The van der Waals surface area contributed by atoms with E-state index in [9.17, 15) is 23.2 Å². The highest BCUT2D eigenvalue weighted by atomic mass is 35.5. The quantitative estimate of drug-likeness (QED) is 0.269. The molecule has 0 radical (unpaired) electrons. The van der Waals surface area contributed by atoms with Crippen LogP contribution in [0, 0.1) is 6.92 Å². The first-order valence-corrected chi connectivity index (χ1v) is 12.9. The topological polar surface area (TPSA) is 87.1 Å². The van der Waals surface area contributed by atoms with Crippen LogP contribution in [0.3, 0.4) is 0 Å². The molecule has 11 heteroatoms. The Balaban J connectivity index is 1.49. The van der Waals surface area contributed by atoms with Crippen molar-refractivity contribution in [2.45, 2.75) is 25.7 Å². The van der Waals surface area contributed by atoms with E-state index in [-0.39, 0.29) is 44.2 Å². The van der Waals surface area contributed by atoms with E-state index >= 15 is 0 Å². The predicted octanol–water partition coefficient (Wildman–Crippen LogP) is 4.83. The van der Waals surface area contributed by atoms with Crippen molar-refractivity contribution in [3.63, 3.8) is 0 Å². The Hall–Kier alpha value is -3.76. The van der Waals surface area contributed by atoms with Crippen molar-refractivity contribution >= 4 is 40.3 Å². The van der Waals surface area contributed by atoms with Crippen LogP contribution in [-0.4, -0.2) is 73.2 Å². The van der Waals surface area contributed by atoms with Gasteiger partial charge in [0, 0.05) is 41.2 Å². The van der Waals surface area contributed by atoms with Crippen LogP contribution < -0.4 is 4.74 Å². The van der Waals surface area contributed by atoms with Crippen molar-refractivity contribution in [1.29, 1.82) is 0 Å². The summed E-state index contributed by atoms with van der Waals surface area (Å²) in [6.07, 6.45) is -1.17. The zero-order valence-electron chi connectivity index (χ0n) is 22.2. The third kappa shape index (κ3) is 6.34. The molecule has 0 spiro atoms. The molecule has 1 aliphatic heterocycles. The van der Waals surface area contributed by atoms with Crippen molar-refractivity contribution < 1.29 is 37.4 Å². The van der Waals surface area contributed by atoms with Crippen LogP contribution in [0.15, 0.2) is 54.6 Å². The number of amides is 1. The van der Waals surface area contributed by atoms with Gasteiger partial charge in [0.05, 0.1) is 32.3 Å². The van der Waals surface area contributed by atoms with Gasteiger partial charge < -0.3 is 19.1 Å². The highest BCUT2D eigenvalue weighted by Crippen LogP contribution is 2.31. The Morgan fingerprint density at radius 2 is 1.77 bits per heavy atom. The highest BCUT2D eigenvalue weighted by Gasteiger charge is 2.42. The van der Waals surface area contributed by atoms with Gasteiger partial charge >= 0.3 is 11.9 Å². The molecule has 0 saturated carbocycles. The summed E-state index contributed by atoms with van der Waals surface area (Å²) in [6, 6.07) is 11.6. The fraction of sp³-hybridized carbons (Fsp3) is 0.345. The molecule has 2 heterocycles. The molecule has 4 rings (SSSR count). The maximum absolute atomic E-state index is 14.6. The Labute approximate surface area is 235 Å². The molecule has 1 saturated heterocycles. The van der Waals surface area contributed by atoms with Crippen LogP contribution >= 0.6 is 11.6 Å². The largest absolute Gasteiger partial charge is 0.497 e. The second kappa shape index (κ2) is 12.2. The lowest BCUT2D eigenvalue weighted by molar-refractivity contribution is -0.161. The molecule has 1 aliphatic rings. The molecular formula is C29H29ClF2N2O6. The number of hydrogen-bond donors (Lipinski definition) is 0. The van der Waals surface area contributed by atoms with Gasteiger partial charge in [0.15, 0.2) is 0 Å². The van der Waals surface area contributed by atoms with E-state index in [0.29, 0.717) is 38.5 Å². The fourth-order valence-electron chi connectivity index (χ4n) is 4.61. The first-order valence-electron chi connectivity index (χ1n) is 12.6. The lowest BCUT2D eigenvalue weighted by Gasteiger charge is -2.30. The molecule has 0 bridgehead atoms. The molecular weight excluding hydrogens is 546 g/mol. The molecule has 0 atom stereocenters. The Morgan fingerprint density at radius 3 is 2.42 bits per heavy atom. The molecule has 3 aromatic rings. The van der Waals surface area contributed by atoms with E-state index in [1.54, 1.807) is 49.4 Å². The van der Waals surface area contributed by atoms with Crippen LogP contribution in [0.5, 0.6) is 5.75 Å². The number of aromatic nitrogens is 1. The number of alkyl halides is 2. The number of hydrogen-bond acceptors (Lipinski definition) is 6. The number of morpholine rings is 1. The monoisotopic (exact) mass is 574 g/mol. The van der Waals surface area contributed by atoms with Crippen molar-refractivity contribution in [2.75, 3.05) is 40.0 Å². The van der Waals surface area contributed by atoms with Gasteiger partial charge in [0.1, 0.15) is 12.4 Å². The van der Waals surface area contributed by atoms with E-state index in [1.165, 1.54) is 11.7 Å². The molecule has 2 aromatic carbocycles. The van der Waals surface area contributed by atoms with Crippen LogP contribution in [-0.2, 0) is 25.5 Å². The van der Waals surface area contributed by atoms with Gasteiger partial charge in [0.2, 0.25) is 0 Å². The maximum atomic E-state index is 14.6. The number of carbonyl (C=O) groups excluding carboxylic acids is 3. The summed E-state index contributed by atoms with van der Waals surface area (Å²) >= 11 is 5.97. The van der Waals surface area contributed by atoms with Crippen molar-refractivity contribution in [1.82, 2.24) is 9.47 Å². The molecule has 0 unspecified atom stereocenters. The van der Waals surface area contributed by atoms with Crippen LogP contribution in [0.1, 0.15) is 28.0 Å². The standard InChI is InChI=1S/C29H29ClF2N2O6/c1-18(16-29(31,32)28(37)33-10-12-39-13-11-33)17-40-26(35)15-23-19(2)34(25-9-8-22(38-3)14-24(23)25)27(36)20-4-6-21(30)7-5-20/h4-9,14H,1,10-13,15-17H2,2-3H3. The number of ether oxygens (including phenoxy) is 3. The molecule has 40 heavy (non-hydrogen) atoms. The minimum atomic E-state index is -3.68. The number of esters is 1. The second-order valence-electron chi connectivity index (χ2n) is 9.47. The summed E-state index contributed by atoms with van der Waals surface area (Å²) in [4.78, 5) is 39.5. The van der Waals surface area contributed by atoms with Crippen molar-refractivity contribution in [3.05, 3.63) is 76.5 Å². The molecule has 0 aliphatic carbocycles. The summed E-state index contributed by atoms with van der Waals surface area (Å²) in [7, 11) is 1.50. The van der Waals surface area contributed by atoms with Gasteiger partial charge in [-0.1, -0.05) is 18.2 Å². The number of benzene rings is 2. The summed E-state index contributed by atoms with van der Waals surface area (Å²) in [6.45, 7) is 5.39. The fourth-order valence-corrected chi connectivity index (χ4v) is 4.74. The third-order valence-electron chi connectivity index (χ3n) is 6.68. The molecule has 212 valence electrons. The molecule has 0 N–H and O–H groups in total. The number of fused-ring (bicyclic) bond motifs is 1. The van der Waals surface area contributed by atoms with Crippen LogP contribution in [0.2, 0.25) is 5.02 Å². The van der Waals surface area contributed by atoms with Gasteiger partial charge in [-0.25, -0.2) is 0 Å². The highest BCUT2D eigenvalue weighted by molar-refractivity contribution is 6.30. The molecule has 8 nitrogen and oxygen atoms in total. The second-order valence-corrected chi connectivity index (χ2v) is 9.90. The maximum Gasteiger partial charge on any atom is 0.328 e. The summed E-state index contributed by atoms with van der Waals surface area (Å²) in [5.74, 6) is -5.47. The minimum absolute atomic E-state index is 0.0914. The van der Waals surface area contributed by atoms with E-state index < -0.39 is 30.8 Å². The lowest BCUT2D eigenvalue weighted by Crippen LogP contribution is -2.48. The van der Waals surface area contributed by atoms with Crippen LogP contribution in [0.25, 0.3) is 10.9 Å². The number of rotatable bonds is 9. The van der Waals surface area contributed by atoms with E-state index in [0.717, 1.165) is 4.90 Å². The Morgan fingerprint density at radius 1 is 1.10 bits per heavy atom. The first kappa shape index (κ1) is 29.2. The minimum Gasteiger partial charge on any atom is -0.497 e. The molecule has 1 amide bonds. The predicted molar refractivity (Wildman–Crippen MR) is 145 cm³/mol. The van der Waals surface area contributed by atoms with Gasteiger partial charge in [-0.15, -0.1) is 0 Å². The zero-order chi connectivity index (χ0) is 29.0. The number of carbonyl (C=O) groups is 3. The average molecular weight is 575 g/mol. The van der Waals surface area contributed by atoms with Gasteiger partial charge in [-0.2, -0.15) is 8.78 Å². The smallest absolute Gasteiger partial charge is 0.328 e. The number of halogens is 3. The van der Waals surface area contributed by atoms with E-state index in [1.807, 2.05) is 0 Å². The Kier molecular flexibility index (Phi) is 8.90. The number of methoxy groups -OCH3 is 1. The molecule has 1 aromatic heterocycles. The van der Waals surface area contributed by atoms with Crippen LogP contribution in [0.4, 0.5) is 8.78 Å².